The average Bonchev–Trinajstić information content (AvgIpc) is 2.62. The predicted octanol–water partition coefficient (Wildman–Crippen LogP) is 4.78. The van der Waals surface area contributed by atoms with E-state index in [1.807, 2.05) is 30.5 Å². The van der Waals surface area contributed by atoms with E-state index >= 15 is 0 Å². The van der Waals surface area contributed by atoms with Gasteiger partial charge in [0.2, 0.25) is 0 Å². The molecule has 2 heteroatoms. The van der Waals surface area contributed by atoms with Crippen molar-refractivity contribution in [2.45, 2.75) is 26.1 Å². The molecule has 0 N–H and O–H groups in total. The van der Waals surface area contributed by atoms with E-state index in [4.69, 9.17) is 4.11 Å². The highest BCUT2D eigenvalue weighted by Gasteiger charge is 2.24. The summed E-state index contributed by atoms with van der Waals surface area (Å²) in [6.07, 6.45) is 3.66. The van der Waals surface area contributed by atoms with Crippen molar-refractivity contribution in [3.05, 3.63) is 83.8 Å². The summed E-state index contributed by atoms with van der Waals surface area (Å²) in [5, 5.41) is 0. The van der Waals surface area contributed by atoms with Gasteiger partial charge in [0, 0.05) is 27.5 Å². The van der Waals surface area contributed by atoms with Crippen LogP contribution in [0.5, 0.6) is 0 Å². The Balaban J connectivity index is 1.88. The van der Waals surface area contributed by atoms with Crippen molar-refractivity contribution < 1.29 is 4.11 Å². The summed E-state index contributed by atoms with van der Waals surface area (Å²) >= 11 is 0. The van der Waals surface area contributed by atoms with Crippen LogP contribution in [0.25, 0.3) is 11.3 Å². The van der Waals surface area contributed by atoms with E-state index in [0.29, 0.717) is 5.56 Å². The molecule has 110 valence electrons. The SMILES string of the molecule is [2H]C([2H])([2H])c1ccc(-c2ccc(C(C)(C)c3ccccn3)cn2)cc1. The summed E-state index contributed by atoms with van der Waals surface area (Å²) in [5.74, 6) is 0. The van der Waals surface area contributed by atoms with E-state index in [9.17, 15) is 0 Å². The Hall–Kier alpha value is -2.48. The van der Waals surface area contributed by atoms with Crippen LogP contribution in [0.3, 0.4) is 0 Å². The Morgan fingerprint density at radius 3 is 2.32 bits per heavy atom. The van der Waals surface area contributed by atoms with Crippen LogP contribution >= 0.6 is 0 Å². The van der Waals surface area contributed by atoms with Crippen LogP contribution in [-0.4, -0.2) is 9.97 Å². The number of hydrogen-bond acceptors (Lipinski definition) is 2. The van der Waals surface area contributed by atoms with Crippen LogP contribution in [0.15, 0.2) is 67.0 Å². The molecule has 0 unspecified atom stereocenters. The number of nitrogens with zero attached hydrogens (tertiary/aromatic N) is 2. The third-order valence-electron chi connectivity index (χ3n) is 3.97. The van der Waals surface area contributed by atoms with Gasteiger partial charge >= 0.3 is 0 Å². The fourth-order valence-electron chi connectivity index (χ4n) is 2.46. The van der Waals surface area contributed by atoms with Crippen molar-refractivity contribution in [2.75, 3.05) is 0 Å². The van der Waals surface area contributed by atoms with Gasteiger partial charge in [0.1, 0.15) is 0 Å². The number of benzene rings is 1. The lowest BCUT2D eigenvalue weighted by Gasteiger charge is -2.24. The minimum atomic E-state index is -2.08. The standard InChI is InChI=1S/C20H20N2/c1-15-7-9-16(10-8-15)18-12-11-17(14-22-18)20(2,3)19-6-4-5-13-21-19/h4-14H,1-3H3/i1D3. The number of rotatable bonds is 3. The van der Waals surface area contributed by atoms with Gasteiger partial charge in [0.25, 0.3) is 0 Å². The van der Waals surface area contributed by atoms with Crippen LogP contribution in [0.2, 0.25) is 0 Å². The lowest BCUT2D eigenvalue weighted by Crippen LogP contribution is -2.20. The molecule has 0 spiro atoms. The lowest BCUT2D eigenvalue weighted by molar-refractivity contribution is 0.614. The van der Waals surface area contributed by atoms with Gasteiger partial charge in [-0.05, 0) is 30.6 Å². The molecule has 0 radical (unpaired) electrons. The first-order valence-corrected chi connectivity index (χ1v) is 7.27. The van der Waals surface area contributed by atoms with Crippen molar-refractivity contribution >= 4 is 0 Å². The first kappa shape index (κ1) is 11.1. The van der Waals surface area contributed by atoms with E-state index in [1.54, 1.807) is 30.5 Å². The molecule has 0 saturated heterocycles. The van der Waals surface area contributed by atoms with Crippen molar-refractivity contribution in [3.63, 3.8) is 0 Å². The molecule has 0 amide bonds. The van der Waals surface area contributed by atoms with Crippen LogP contribution in [0.1, 0.15) is 34.8 Å². The lowest BCUT2D eigenvalue weighted by atomic mass is 9.82. The zero-order valence-electron chi connectivity index (χ0n) is 15.7. The van der Waals surface area contributed by atoms with Crippen molar-refractivity contribution in [1.29, 1.82) is 0 Å². The van der Waals surface area contributed by atoms with Gasteiger partial charge in [0.05, 0.1) is 11.4 Å². The predicted molar refractivity (Wildman–Crippen MR) is 90.8 cm³/mol. The molecule has 0 fully saturated rings. The molecule has 3 aromatic rings. The number of pyridine rings is 2. The molecule has 0 atom stereocenters. The highest BCUT2D eigenvalue weighted by Crippen LogP contribution is 2.30. The topological polar surface area (TPSA) is 25.8 Å². The van der Waals surface area contributed by atoms with Gasteiger partial charge in [-0.15, -0.1) is 0 Å². The van der Waals surface area contributed by atoms with Crippen LogP contribution in [0, 0.1) is 6.85 Å². The smallest absolute Gasteiger partial charge is 0.0702 e. The zero-order valence-corrected chi connectivity index (χ0v) is 12.7. The Bertz CT molecular complexity index is 837. The van der Waals surface area contributed by atoms with Crippen molar-refractivity contribution in [1.82, 2.24) is 9.97 Å². The second-order valence-electron chi connectivity index (χ2n) is 5.85. The second-order valence-corrected chi connectivity index (χ2v) is 5.85. The monoisotopic (exact) mass is 291 g/mol. The summed E-state index contributed by atoms with van der Waals surface area (Å²) in [5.41, 5.74) is 3.88. The number of aromatic nitrogens is 2. The molecule has 0 bridgehead atoms. The molecule has 22 heavy (non-hydrogen) atoms. The Morgan fingerprint density at radius 2 is 1.73 bits per heavy atom. The summed E-state index contributed by atoms with van der Waals surface area (Å²) in [4.78, 5) is 9.02. The fourth-order valence-corrected chi connectivity index (χ4v) is 2.46. The van der Waals surface area contributed by atoms with Crippen molar-refractivity contribution in [3.8, 4) is 11.3 Å². The number of hydrogen-bond donors (Lipinski definition) is 0. The molecule has 1 aromatic carbocycles. The van der Waals surface area contributed by atoms with Crippen LogP contribution < -0.4 is 0 Å². The second kappa shape index (κ2) is 5.72. The van der Waals surface area contributed by atoms with Crippen LogP contribution in [-0.2, 0) is 5.41 Å². The highest BCUT2D eigenvalue weighted by molar-refractivity contribution is 5.59. The molecule has 0 aliphatic heterocycles. The number of aryl methyl sites for hydroxylation is 1. The first-order chi connectivity index (χ1) is 11.8. The molecule has 0 saturated carbocycles. The average molecular weight is 291 g/mol. The van der Waals surface area contributed by atoms with Gasteiger partial charge in [-0.2, -0.15) is 0 Å². The third kappa shape index (κ3) is 2.77. The normalized spacial score (nSPS) is 14.0. The Labute approximate surface area is 136 Å². The highest BCUT2D eigenvalue weighted by atomic mass is 14.7. The van der Waals surface area contributed by atoms with Crippen LogP contribution in [0.4, 0.5) is 0 Å². The summed E-state index contributed by atoms with van der Waals surface area (Å²) in [7, 11) is 0. The van der Waals surface area contributed by atoms with E-state index < -0.39 is 6.85 Å². The molecular weight excluding hydrogens is 268 g/mol. The third-order valence-corrected chi connectivity index (χ3v) is 3.97. The molecule has 0 aliphatic rings. The quantitative estimate of drug-likeness (QED) is 0.694. The maximum Gasteiger partial charge on any atom is 0.0702 e. The molecule has 3 rings (SSSR count). The maximum absolute atomic E-state index is 7.44. The summed E-state index contributed by atoms with van der Waals surface area (Å²) in [6, 6.07) is 16.8. The molecule has 2 nitrogen and oxygen atoms in total. The largest absolute Gasteiger partial charge is 0.260 e. The van der Waals surface area contributed by atoms with E-state index in [2.05, 4.69) is 29.9 Å². The van der Waals surface area contributed by atoms with Gasteiger partial charge in [0.15, 0.2) is 0 Å². The van der Waals surface area contributed by atoms with Gasteiger partial charge < -0.3 is 0 Å². The molecular formula is C20H20N2. The van der Waals surface area contributed by atoms with Gasteiger partial charge in [-0.25, -0.2) is 0 Å². The summed E-state index contributed by atoms with van der Waals surface area (Å²) < 4.78 is 22.3. The first-order valence-electron chi connectivity index (χ1n) is 8.77. The molecule has 2 heterocycles. The molecule has 0 aliphatic carbocycles. The Kier molecular flexibility index (Phi) is 2.90. The van der Waals surface area contributed by atoms with Gasteiger partial charge in [-0.3, -0.25) is 9.97 Å². The van der Waals surface area contributed by atoms with Gasteiger partial charge in [-0.1, -0.05) is 55.8 Å². The minimum absolute atomic E-state index is 0.238. The van der Waals surface area contributed by atoms with E-state index in [1.165, 1.54) is 0 Å². The fraction of sp³-hybridized carbons (Fsp3) is 0.200. The minimum Gasteiger partial charge on any atom is -0.260 e. The Morgan fingerprint density at radius 1 is 0.909 bits per heavy atom. The van der Waals surface area contributed by atoms with E-state index in [-0.39, 0.29) is 5.41 Å². The maximum atomic E-state index is 7.44. The van der Waals surface area contributed by atoms with E-state index in [0.717, 1.165) is 22.5 Å². The summed E-state index contributed by atoms with van der Waals surface area (Å²) in [6.45, 7) is 2.16. The van der Waals surface area contributed by atoms with Crippen molar-refractivity contribution in [2.24, 2.45) is 0 Å². The zero-order chi connectivity index (χ0) is 18.1. The molecule has 2 aromatic heterocycles.